The molecule has 4 nitrogen and oxygen atoms in total. The predicted molar refractivity (Wildman–Crippen MR) is 88.7 cm³/mol. The van der Waals surface area contributed by atoms with Crippen molar-refractivity contribution in [1.29, 1.82) is 0 Å². The van der Waals surface area contributed by atoms with Crippen LogP contribution in [0, 0.1) is 23.2 Å². The first-order valence-electron chi connectivity index (χ1n) is 8.75. The normalized spacial score (nSPS) is 36.0. The van der Waals surface area contributed by atoms with Crippen LogP contribution in [0.3, 0.4) is 0 Å². The van der Waals surface area contributed by atoms with E-state index in [0.29, 0.717) is 11.5 Å². The summed E-state index contributed by atoms with van der Waals surface area (Å²) in [6, 6.07) is 3.21. The molecule has 0 aromatic heterocycles. The van der Waals surface area contributed by atoms with Crippen molar-refractivity contribution in [3.8, 4) is 17.2 Å². The van der Waals surface area contributed by atoms with E-state index in [1.54, 1.807) is 26.4 Å². The third-order valence-corrected chi connectivity index (χ3v) is 6.59. The van der Waals surface area contributed by atoms with Gasteiger partial charge in [0.25, 0.3) is 0 Å². The highest BCUT2D eigenvalue weighted by atomic mass is 16.5. The summed E-state index contributed by atoms with van der Waals surface area (Å²) in [5, 5.41) is 9.90. The first-order valence-corrected chi connectivity index (χ1v) is 8.75. The summed E-state index contributed by atoms with van der Waals surface area (Å²) < 4.78 is 11.1. The van der Waals surface area contributed by atoms with Crippen molar-refractivity contribution in [2.24, 2.45) is 28.9 Å². The molecule has 1 aromatic rings. The topological polar surface area (TPSA) is 64.7 Å². The number of aromatic hydroxyl groups is 1. The molecule has 0 saturated heterocycles. The van der Waals surface area contributed by atoms with E-state index in [2.05, 4.69) is 0 Å². The van der Waals surface area contributed by atoms with Gasteiger partial charge in [-0.15, -0.1) is 0 Å². The molecule has 4 fully saturated rings. The van der Waals surface area contributed by atoms with Crippen LogP contribution in [-0.2, 0) is 0 Å². The standard InChI is InChI=1S/C19H27NO3/c1-22-15-6-14(21)7-16(23-2)17(15)18(20)19-8-11-3-12(9-19)5-13(4-11)10-19/h6-7,11-13,18,21H,3-5,8-10,20H2,1-2H3. The molecule has 5 rings (SSSR count). The second-order valence-corrected chi connectivity index (χ2v) is 8.02. The Morgan fingerprint density at radius 3 is 1.83 bits per heavy atom. The van der Waals surface area contributed by atoms with Gasteiger partial charge in [-0.25, -0.2) is 0 Å². The van der Waals surface area contributed by atoms with Crippen molar-refractivity contribution in [2.75, 3.05) is 14.2 Å². The van der Waals surface area contributed by atoms with Gasteiger partial charge in [-0.1, -0.05) is 0 Å². The fourth-order valence-corrected chi connectivity index (χ4v) is 6.10. The molecule has 4 bridgehead atoms. The van der Waals surface area contributed by atoms with Crippen molar-refractivity contribution in [2.45, 2.75) is 44.6 Å². The summed E-state index contributed by atoms with van der Waals surface area (Å²) in [6.07, 6.45) is 7.88. The fourth-order valence-electron chi connectivity index (χ4n) is 6.10. The first kappa shape index (κ1) is 15.1. The van der Waals surface area contributed by atoms with Crippen molar-refractivity contribution in [3.63, 3.8) is 0 Å². The van der Waals surface area contributed by atoms with Crippen LogP contribution >= 0.6 is 0 Å². The molecule has 4 aliphatic carbocycles. The largest absolute Gasteiger partial charge is 0.508 e. The van der Waals surface area contributed by atoms with Crippen molar-refractivity contribution in [1.82, 2.24) is 0 Å². The lowest BCUT2D eigenvalue weighted by Gasteiger charge is -2.59. The quantitative estimate of drug-likeness (QED) is 0.890. The molecule has 4 heteroatoms. The van der Waals surface area contributed by atoms with Crippen LogP contribution in [0.15, 0.2) is 12.1 Å². The molecule has 0 aliphatic heterocycles. The number of hydrogen-bond donors (Lipinski definition) is 2. The molecule has 0 heterocycles. The summed E-state index contributed by atoms with van der Waals surface area (Å²) in [5.41, 5.74) is 7.95. The Hall–Kier alpha value is -1.42. The van der Waals surface area contributed by atoms with E-state index in [1.165, 1.54) is 38.5 Å². The Morgan fingerprint density at radius 1 is 1.00 bits per heavy atom. The van der Waals surface area contributed by atoms with Crippen LogP contribution in [0.2, 0.25) is 0 Å². The maximum Gasteiger partial charge on any atom is 0.131 e. The van der Waals surface area contributed by atoms with Gasteiger partial charge in [0.2, 0.25) is 0 Å². The summed E-state index contributed by atoms with van der Waals surface area (Å²) in [7, 11) is 3.26. The van der Waals surface area contributed by atoms with Crippen LogP contribution in [-0.4, -0.2) is 19.3 Å². The van der Waals surface area contributed by atoms with Crippen LogP contribution in [0.1, 0.15) is 50.1 Å². The number of phenols is 1. The lowest BCUT2D eigenvalue weighted by Crippen LogP contribution is -2.50. The maximum atomic E-state index is 9.90. The second-order valence-electron chi connectivity index (χ2n) is 8.02. The Morgan fingerprint density at radius 2 is 1.43 bits per heavy atom. The third kappa shape index (κ3) is 2.30. The van der Waals surface area contributed by atoms with E-state index in [4.69, 9.17) is 15.2 Å². The summed E-state index contributed by atoms with van der Waals surface area (Å²) in [6.45, 7) is 0. The van der Waals surface area contributed by atoms with Crippen LogP contribution in [0.5, 0.6) is 17.2 Å². The summed E-state index contributed by atoms with van der Waals surface area (Å²) >= 11 is 0. The number of phenolic OH excluding ortho intramolecular Hbond substituents is 1. The number of hydrogen-bond acceptors (Lipinski definition) is 4. The average molecular weight is 317 g/mol. The van der Waals surface area contributed by atoms with E-state index >= 15 is 0 Å². The first-order chi connectivity index (χ1) is 11.0. The van der Waals surface area contributed by atoms with Crippen LogP contribution < -0.4 is 15.2 Å². The van der Waals surface area contributed by atoms with E-state index in [-0.39, 0.29) is 17.2 Å². The minimum atomic E-state index is -0.0959. The number of methoxy groups -OCH3 is 2. The minimum Gasteiger partial charge on any atom is -0.508 e. The molecule has 1 aromatic carbocycles. The molecular formula is C19H27NO3. The van der Waals surface area contributed by atoms with Gasteiger partial charge in [-0.05, 0) is 61.7 Å². The van der Waals surface area contributed by atoms with Gasteiger partial charge >= 0.3 is 0 Å². The molecule has 0 amide bonds. The lowest BCUT2D eigenvalue weighted by atomic mass is 9.47. The van der Waals surface area contributed by atoms with Crippen LogP contribution in [0.25, 0.3) is 0 Å². The van der Waals surface area contributed by atoms with Gasteiger partial charge in [0.15, 0.2) is 0 Å². The Kier molecular flexibility index (Phi) is 3.49. The Labute approximate surface area is 138 Å². The van der Waals surface area contributed by atoms with E-state index in [0.717, 1.165) is 23.3 Å². The number of nitrogens with two attached hydrogens (primary N) is 1. The summed E-state index contributed by atoms with van der Waals surface area (Å²) in [5.74, 6) is 3.99. The van der Waals surface area contributed by atoms with Gasteiger partial charge in [0.05, 0.1) is 19.8 Å². The Bertz CT molecular complexity index is 552. The third-order valence-electron chi connectivity index (χ3n) is 6.59. The fraction of sp³-hybridized carbons (Fsp3) is 0.684. The molecule has 4 aliphatic rings. The zero-order valence-corrected chi connectivity index (χ0v) is 14.0. The number of rotatable bonds is 4. The molecule has 0 spiro atoms. The summed E-state index contributed by atoms with van der Waals surface area (Å²) in [4.78, 5) is 0. The molecule has 3 N–H and O–H groups in total. The molecule has 23 heavy (non-hydrogen) atoms. The van der Waals surface area contributed by atoms with E-state index < -0.39 is 0 Å². The molecular weight excluding hydrogens is 290 g/mol. The molecule has 1 atom stereocenters. The van der Waals surface area contributed by atoms with Gasteiger partial charge < -0.3 is 20.3 Å². The molecule has 4 saturated carbocycles. The van der Waals surface area contributed by atoms with E-state index in [1.807, 2.05) is 0 Å². The SMILES string of the molecule is COc1cc(O)cc(OC)c1C(N)C12CC3CC(CC(C3)C1)C2. The van der Waals surface area contributed by atoms with Crippen molar-refractivity contribution < 1.29 is 14.6 Å². The predicted octanol–water partition coefficient (Wildman–Crippen LogP) is 3.63. The zero-order chi connectivity index (χ0) is 16.2. The van der Waals surface area contributed by atoms with Crippen molar-refractivity contribution in [3.05, 3.63) is 17.7 Å². The molecule has 1 unspecified atom stereocenters. The number of benzene rings is 1. The highest BCUT2D eigenvalue weighted by Crippen LogP contribution is 2.64. The average Bonchev–Trinajstić information content (AvgIpc) is 2.52. The number of ether oxygens (including phenoxy) is 2. The molecule has 126 valence electrons. The lowest BCUT2D eigenvalue weighted by molar-refractivity contribution is -0.0683. The molecule has 0 radical (unpaired) electrons. The zero-order valence-electron chi connectivity index (χ0n) is 14.0. The van der Waals surface area contributed by atoms with Gasteiger partial charge in [-0.2, -0.15) is 0 Å². The van der Waals surface area contributed by atoms with Gasteiger partial charge in [-0.3, -0.25) is 0 Å². The van der Waals surface area contributed by atoms with E-state index in [9.17, 15) is 5.11 Å². The van der Waals surface area contributed by atoms with Crippen LogP contribution in [0.4, 0.5) is 0 Å². The highest BCUT2D eigenvalue weighted by Gasteiger charge is 2.54. The van der Waals surface area contributed by atoms with Gasteiger partial charge in [0.1, 0.15) is 17.2 Å². The monoisotopic (exact) mass is 317 g/mol. The van der Waals surface area contributed by atoms with Crippen molar-refractivity contribution >= 4 is 0 Å². The minimum absolute atomic E-state index is 0.0959. The highest BCUT2D eigenvalue weighted by molar-refractivity contribution is 5.52. The Balaban J connectivity index is 1.76. The maximum absolute atomic E-state index is 9.90. The van der Waals surface area contributed by atoms with Gasteiger partial charge in [0, 0.05) is 18.2 Å². The smallest absolute Gasteiger partial charge is 0.131 e. The second kappa shape index (κ2) is 5.30.